The lowest BCUT2D eigenvalue weighted by molar-refractivity contribution is -0.148. The number of likely N-dealkylation sites (N-methyl/N-ethyl adjacent to an activating group) is 1. The fourth-order valence-corrected chi connectivity index (χ4v) is 2.88. The maximum absolute atomic E-state index is 12.0. The van der Waals surface area contributed by atoms with Gasteiger partial charge >= 0.3 is 5.97 Å². The van der Waals surface area contributed by atoms with Crippen LogP contribution in [-0.4, -0.2) is 62.1 Å². The third-order valence-corrected chi connectivity index (χ3v) is 4.60. The quantitative estimate of drug-likeness (QED) is 0.532. The van der Waals surface area contributed by atoms with Gasteiger partial charge in [-0.1, -0.05) is 11.6 Å². The van der Waals surface area contributed by atoms with Gasteiger partial charge in [-0.05, 0) is 36.6 Å². The molecule has 3 rings (SSSR count). The Bertz CT molecular complexity index is 821. The van der Waals surface area contributed by atoms with Crippen molar-refractivity contribution >= 4 is 35.5 Å². The first kappa shape index (κ1) is 21.0. The van der Waals surface area contributed by atoms with Crippen LogP contribution in [0.1, 0.15) is 24.8 Å². The minimum absolute atomic E-state index is 0.0710. The number of nitrogens with one attached hydrogen (secondary N) is 1. The number of fused-ring (bicyclic) bond motifs is 1. The second-order valence-corrected chi connectivity index (χ2v) is 7.32. The van der Waals surface area contributed by atoms with E-state index < -0.39 is 18.5 Å². The lowest BCUT2D eigenvalue weighted by Gasteiger charge is -2.16. The van der Waals surface area contributed by atoms with Crippen LogP contribution in [0.4, 0.5) is 0 Å². The van der Waals surface area contributed by atoms with Gasteiger partial charge in [0.15, 0.2) is 18.1 Å². The van der Waals surface area contributed by atoms with Crippen LogP contribution in [0.15, 0.2) is 18.2 Å². The summed E-state index contributed by atoms with van der Waals surface area (Å²) in [6.45, 7) is 0.530. The molecule has 2 aliphatic rings. The molecule has 2 amide bonds. The monoisotopic (exact) mass is 422 g/mol. The molecule has 156 valence electrons. The summed E-state index contributed by atoms with van der Waals surface area (Å²) in [5.74, 6) is -0.359. The molecule has 1 saturated carbocycles. The van der Waals surface area contributed by atoms with Gasteiger partial charge in [-0.25, -0.2) is 4.79 Å². The van der Waals surface area contributed by atoms with Gasteiger partial charge in [0.2, 0.25) is 5.91 Å². The van der Waals surface area contributed by atoms with E-state index in [1.54, 1.807) is 12.1 Å². The molecule has 1 aromatic rings. The third kappa shape index (κ3) is 6.39. The Balaban J connectivity index is 1.48. The zero-order valence-corrected chi connectivity index (χ0v) is 16.9. The van der Waals surface area contributed by atoms with E-state index in [0.29, 0.717) is 35.3 Å². The number of benzene rings is 1. The SMILES string of the molecule is CN(CC(=O)NC1CC1)C(=O)COC(=O)/C=C/c1cc(Cl)c2c(c1)OCCCO2. The molecular formula is C20H23ClN2O6. The molecule has 8 nitrogen and oxygen atoms in total. The van der Waals surface area contributed by atoms with Gasteiger partial charge in [-0.2, -0.15) is 0 Å². The van der Waals surface area contributed by atoms with Crippen molar-refractivity contribution < 1.29 is 28.6 Å². The second-order valence-electron chi connectivity index (χ2n) is 6.91. The molecule has 0 bridgehead atoms. The summed E-state index contributed by atoms with van der Waals surface area (Å²) in [6.07, 6.45) is 5.42. The number of nitrogens with zero attached hydrogens (tertiary/aromatic N) is 1. The van der Waals surface area contributed by atoms with Crippen molar-refractivity contribution in [2.75, 3.05) is 33.4 Å². The summed E-state index contributed by atoms with van der Waals surface area (Å²) in [7, 11) is 1.48. The van der Waals surface area contributed by atoms with Gasteiger partial charge in [0.25, 0.3) is 5.91 Å². The summed E-state index contributed by atoms with van der Waals surface area (Å²) in [5, 5.41) is 3.18. The van der Waals surface area contributed by atoms with E-state index in [0.717, 1.165) is 19.3 Å². The molecular weight excluding hydrogens is 400 g/mol. The number of halogens is 1. The number of esters is 1. The van der Waals surface area contributed by atoms with Crippen LogP contribution in [0, 0.1) is 0 Å². The molecule has 1 heterocycles. The molecule has 1 N–H and O–H groups in total. The van der Waals surface area contributed by atoms with Gasteiger partial charge in [0, 0.05) is 25.6 Å². The van der Waals surface area contributed by atoms with Gasteiger partial charge in [-0.3, -0.25) is 9.59 Å². The maximum Gasteiger partial charge on any atom is 0.331 e. The van der Waals surface area contributed by atoms with E-state index in [1.807, 2.05) is 0 Å². The number of amides is 2. The first-order valence-electron chi connectivity index (χ1n) is 9.39. The van der Waals surface area contributed by atoms with Crippen LogP contribution >= 0.6 is 11.6 Å². The molecule has 1 fully saturated rings. The summed E-state index contributed by atoms with van der Waals surface area (Å²) in [5.41, 5.74) is 0.636. The van der Waals surface area contributed by atoms with Gasteiger partial charge in [0.1, 0.15) is 0 Å². The standard InChI is InChI=1S/C20H23ClN2O6/c1-23(11-17(24)22-14-4-5-14)18(25)12-29-19(26)6-3-13-9-15(21)20-16(10-13)27-7-2-8-28-20/h3,6,9-10,14H,2,4-5,7-8,11-12H2,1H3,(H,22,24)/b6-3+. The number of ether oxygens (including phenoxy) is 3. The largest absolute Gasteiger partial charge is 0.489 e. The minimum atomic E-state index is -0.683. The van der Waals surface area contributed by atoms with Crippen LogP contribution in [0.5, 0.6) is 11.5 Å². The first-order valence-corrected chi connectivity index (χ1v) is 9.77. The number of rotatable bonds is 7. The average molecular weight is 423 g/mol. The fourth-order valence-electron chi connectivity index (χ4n) is 2.61. The van der Waals surface area contributed by atoms with E-state index in [9.17, 15) is 14.4 Å². The van der Waals surface area contributed by atoms with Crippen LogP contribution in [0.3, 0.4) is 0 Å². The number of carbonyl (C=O) groups is 3. The Labute approximate surface area is 173 Å². The fraction of sp³-hybridized carbons (Fsp3) is 0.450. The highest BCUT2D eigenvalue weighted by Gasteiger charge is 2.24. The van der Waals surface area contributed by atoms with Gasteiger partial charge in [-0.15, -0.1) is 0 Å². The van der Waals surface area contributed by atoms with E-state index in [1.165, 1.54) is 24.1 Å². The highest BCUT2D eigenvalue weighted by Crippen LogP contribution is 2.38. The Morgan fingerprint density at radius 3 is 2.79 bits per heavy atom. The smallest absolute Gasteiger partial charge is 0.331 e. The summed E-state index contributed by atoms with van der Waals surface area (Å²) in [6, 6.07) is 3.59. The lowest BCUT2D eigenvalue weighted by atomic mass is 10.2. The van der Waals surface area contributed by atoms with Crippen molar-refractivity contribution in [3.05, 3.63) is 28.8 Å². The predicted octanol–water partition coefficient (Wildman–Crippen LogP) is 1.79. The van der Waals surface area contributed by atoms with Crippen LogP contribution in [0.2, 0.25) is 5.02 Å². The molecule has 0 spiro atoms. The van der Waals surface area contributed by atoms with Crippen molar-refractivity contribution in [1.82, 2.24) is 10.2 Å². The Kier molecular flexibility index (Phi) is 6.98. The molecule has 29 heavy (non-hydrogen) atoms. The Morgan fingerprint density at radius 1 is 1.28 bits per heavy atom. The van der Waals surface area contributed by atoms with Gasteiger partial charge < -0.3 is 24.4 Å². The lowest BCUT2D eigenvalue weighted by Crippen LogP contribution is -2.40. The molecule has 0 saturated heterocycles. The van der Waals surface area contributed by atoms with E-state index in [-0.39, 0.29) is 18.5 Å². The maximum atomic E-state index is 12.0. The third-order valence-electron chi connectivity index (χ3n) is 4.32. The number of hydrogen-bond donors (Lipinski definition) is 1. The van der Waals surface area contributed by atoms with E-state index in [2.05, 4.69) is 5.32 Å². The molecule has 9 heteroatoms. The Hall–Kier alpha value is -2.74. The van der Waals surface area contributed by atoms with Crippen molar-refractivity contribution in [3.8, 4) is 11.5 Å². The molecule has 0 radical (unpaired) electrons. The Morgan fingerprint density at radius 2 is 2.03 bits per heavy atom. The number of carbonyl (C=O) groups excluding carboxylic acids is 3. The predicted molar refractivity (Wildman–Crippen MR) is 106 cm³/mol. The molecule has 0 aromatic heterocycles. The average Bonchev–Trinajstić information content (AvgIpc) is 3.51. The highest BCUT2D eigenvalue weighted by molar-refractivity contribution is 6.32. The van der Waals surface area contributed by atoms with Crippen molar-refractivity contribution in [2.24, 2.45) is 0 Å². The minimum Gasteiger partial charge on any atom is -0.489 e. The summed E-state index contributed by atoms with van der Waals surface area (Å²) in [4.78, 5) is 36.8. The topological polar surface area (TPSA) is 94.2 Å². The first-order chi connectivity index (χ1) is 13.9. The van der Waals surface area contributed by atoms with E-state index in [4.69, 9.17) is 25.8 Å². The van der Waals surface area contributed by atoms with Crippen LogP contribution < -0.4 is 14.8 Å². The van der Waals surface area contributed by atoms with Gasteiger partial charge in [0.05, 0.1) is 24.8 Å². The molecule has 1 aliphatic carbocycles. The van der Waals surface area contributed by atoms with Crippen molar-refractivity contribution in [2.45, 2.75) is 25.3 Å². The van der Waals surface area contributed by atoms with Crippen LogP contribution in [0.25, 0.3) is 6.08 Å². The van der Waals surface area contributed by atoms with Crippen molar-refractivity contribution in [1.29, 1.82) is 0 Å². The summed E-state index contributed by atoms with van der Waals surface area (Å²) >= 11 is 6.21. The molecule has 1 aliphatic heterocycles. The molecule has 0 unspecified atom stereocenters. The zero-order valence-electron chi connectivity index (χ0n) is 16.1. The molecule has 1 aromatic carbocycles. The van der Waals surface area contributed by atoms with Crippen LogP contribution in [-0.2, 0) is 19.1 Å². The number of hydrogen-bond acceptors (Lipinski definition) is 6. The normalized spacial score (nSPS) is 15.5. The highest BCUT2D eigenvalue weighted by atomic mass is 35.5. The van der Waals surface area contributed by atoms with Crippen molar-refractivity contribution in [3.63, 3.8) is 0 Å². The second kappa shape index (κ2) is 9.65. The molecule has 0 atom stereocenters. The van der Waals surface area contributed by atoms with E-state index >= 15 is 0 Å². The summed E-state index contributed by atoms with van der Waals surface area (Å²) < 4.78 is 16.1. The zero-order chi connectivity index (χ0) is 20.8.